The number of amides is 1. The van der Waals surface area contributed by atoms with Crippen LogP contribution in [-0.2, 0) is 9.53 Å². The average molecular weight is 564 g/mol. The summed E-state index contributed by atoms with van der Waals surface area (Å²) in [6.07, 6.45) is 15.7. The van der Waals surface area contributed by atoms with Gasteiger partial charge in [0.15, 0.2) is 5.65 Å². The third-order valence-electron chi connectivity index (χ3n) is 7.78. The molecule has 37 heavy (non-hydrogen) atoms. The highest BCUT2D eigenvalue weighted by Crippen LogP contribution is 2.37. The van der Waals surface area contributed by atoms with Crippen LogP contribution in [0.4, 0.5) is 5.82 Å². The summed E-state index contributed by atoms with van der Waals surface area (Å²) < 4.78 is 7.90. The molecule has 2 fully saturated rings. The second-order valence-corrected chi connectivity index (χ2v) is 10.8. The number of nitrogens with zero attached hydrogens (tertiary/aromatic N) is 5. The monoisotopic (exact) mass is 562 g/mol. The highest BCUT2D eigenvalue weighted by Gasteiger charge is 2.31. The van der Waals surface area contributed by atoms with E-state index in [9.17, 15) is 4.79 Å². The molecule has 3 aliphatic rings. The molecule has 0 saturated carbocycles. The number of allylic oxidation sites excluding steroid dienone is 4. The minimum atomic E-state index is 0.0990. The highest BCUT2D eigenvalue weighted by atomic mass is 79.9. The second-order valence-electron chi connectivity index (χ2n) is 10.0. The van der Waals surface area contributed by atoms with Crippen molar-refractivity contribution in [3.05, 3.63) is 58.6 Å². The maximum Gasteiger partial charge on any atom is 0.225 e. The number of ether oxygens (including phenoxy) is 1. The van der Waals surface area contributed by atoms with Crippen molar-refractivity contribution in [2.45, 2.75) is 44.4 Å². The first kappa shape index (κ1) is 24.3. The lowest BCUT2D eigenvalue weighted by Crippen LogP contribution is -2.43. The van der Waals surface area contributed by atoms with Crippen LogP contribution in [0.5, 0.6) is 0 Å². The Balaban J connectivity index is 1.24. The van der Waals surface area contributed by atoms with E-state index in [0.29, 0.717) is 19.0 Å². The van der Waals surface area contributed by atoms with E-state index >= 15 is 0 Å². The number of carbonyl (C=O) groups is 1. The molecule has 2 saturated heterocycles. The van der Waals surface area contributed by atoms with E-state index in [0.717, 1.165) is 89.8 Å². The lowest BCUT2D eigenvalue weighted by Gasteiger charge is -2.35. The van der Waals surface area contributed by atoms with Crippen LogP contribution in [0, 0.1) is 5.92 Å². The summed E-state index contributed by atoms with van der Waals surface area (Å²) in [6.45, 7) is 2.84. The van der Waals surface area contributed by atoms with Crippen molar-refractivity contribution in [1.82, 2.24) is 24.5 Å². The van der Waals surface area contributed by atoms with Crippen LogP contribution in [0.2, 0.25) is 0 Å². The molecule has 3 aromatic heterocycles. The zero-order chi connectivity index (χ0) is 25.4. The molecule has 0 spiro atoms. The van der Waals surface area contributed by atoms with Crippen molar-refractivity contribution >= 4 is 38.9 Å². The fraction of sp³-hybridized carbons (Fsp3) is 0.429. The molecule has 9 heteroatoms. The lowest BCUT2D eigenvalue weighted by molar-refractivity contribution is -0.139. The third kappa shape index (κ3) is 4.70. The van der Waals surface area contributed by atoms with Gasteiger partial charge < -0.3 is 15.4 Å². The first-order valence-electron chi connectivity index (χ1n) is 13.1. The van der Waals surface area contributed by atoms with E-state index in [-0.39, 0.29) is 17.7 Å². The van der Waals surface area contributed by atoms with Crippen molar-refractivity contribution < 1.29 is 9.53 Å². The van der Waals surface area contributed by atoms with E-state index in [1.54, 1.807) is 10.7 Å². The van der Waals surface area contributed by atoms with Crippen molar-refractivity contribution in [3.63, 3.8) is 0 Å². The number of nitrogen functional groups attached to an aromatic ring is 1. The zero-order valence-electron chi connectivity index (χ0n) is 20.8. The van der Waals surface area contributed by atoms with Gasteiger partial charge in [0.2, 0.25) is 5.91 Å². The Morgan fingerprint density at radius 1 is 1.08 bits per heavy atom. The fourth-order valence-electron chi connectivity index (χ4n) is 5.59. The molecule has 1 aliphatic carbocycles. The molecule has 0 atom stereocenters. The molecular weight excluding hydrogens is 532 g/mol. The summed E-state index contributed by atoms with van der Waals surface area (Å²) in [6, 6.07) is 4.12. The highest BCUT2D eigenvalue weighted by molar-refractivity contribution is 9.10. The van der Waals surface area contributed by atoms with Gasteiger partial charge in [-0.1, -0.05) is 24.3 Å². The first-order valence-corrected chi connectivity index (χ1v) is 13.9. The van der Waals surface area contributed by atoms with Crippen LogP contribution in [0.25, 0.3) is 22.3 Å². The fourth-order valence-corrected chi connectivity index (χ4v) is 6.17. The Bertz CT molecular complexity index is 1370. The van der Waals surface area contributed by atoms with Gasteiger partial charge in [-0.25, -0.2) is 4.98 Å². The topological polar surface area (TPSA) is 98.6 Å². The van der Waals surface area contributed by atoms with E-state index in [1.165, 1.54) is 0 Å². The Labute approximate surface area is 224 Å². The molecule has 3 aromatic rings. The molecular formula is C28H31BrN6O2. The van der Waals surface area contributed by atoms with Crippen molar-refractivity contribution in [3.8, 4) is 11.1 Å². The molecule has 0 aromatic carbocycles. The van der Waals surface area contributed by atoms with Crippen molar-refractivity contribution in [2.24, 2.45) is 5.92 Å². The van der Waals surface area contributed by atoms with Crippen molar-refractivity contribution in [2.75, 3.05) is 32.0 Å². The summed E-state index contributed by atoms with van der Waals surface area (Å²) in [5.41, 5.74) is 12.2. The molecule has 192 valence electrons. The SMILES string of the molecule is Nc1c(Br)c(C2CCN(C(=O)C3CCOCC3)CC2)nc2c(-c3ccc(C4=CCCC=C4)nc3)cnn12. The van der Waals surface area contributed by atoms with Gasteiger partial charge in [-0.05, 0) is 66.1 Å². The van der Waals surface area contributed by atoms with Gasteiger partial charge in [0.1, 0.15) is 5.82 Å². The number of pyridine rings is 1. The van der Waals surface area contributed by atoms with Gasteiger partial charge in [0.25, 0.3) is 0 Å². The summed E-state index contributed by atoms with van der Waals surface area (Å²) >= 11 is 3.69. The minimum absolute atomic E-state index is 0.0990. The van der Waals surface area contributed by atoms with E-state index in [4.69, 9.17) is 20.4 Å². The lowest BCUT2D eigenvalue weighted by atomic mass is 9.91. The molecule has 0 bridgehead atoms. The number of anilines is 1. The number of fused-ring (bicyclic) bond motifs is 1. The van der Waals surface area contributed by atoms with Gasteiger partial charge in [-0.2, -0.15) is 9.61 Å². The molecule has 6 rings (SSSR count). The maximum atomic E-state index is 13.0. The smallest absolute Gasteiger partial charge is 0.225 e. The molecule has 0 unspecified atom stereocenters. The van der Waals surface area contributed by atoms with E-state index in [2.05, 4.69) is 51.4 Å². The maximum absolute atomic E-state index is 13.0. The van der Waals surface area contributed by atoms with Crippen LogP contribution >= 0.6 is 15.9 Å². The zero-order valence-corrected chi connectivity index (χ0v) is 22.4. The van der Waals surface area contributed by atoms with E-state index in [1.807, 2.05) is 11.1 Å². The van der Waals surface area contributed by atoms with Crippen LogP contribution in [0.1, 0.15) is 55.8 Å². The average Bonchev–Trinajstić information content (AvgIpc) is 3.40. The number of halogens is 1. The molecule has 2 N–H and O–H groups in total. The molecule has 0 radical (unpaired) electrons. The van der Waals surface area contributed by atoms with Gasteiger partial charge in [0, 0.05) is 55.5 Å². The number of hydrogen-bond donors (Lipinski definition) is 1. The van der Waals surface area contributed by atoms with Gasteiger partial charge in [0.05, 0.1) is 22.1 Å². The summed E-state index contributed by atoms with van der Waals surface area (Å²) in [7, 11) is 0. The number of carbonyl (C=O) groups excluding carboxylic acids is 1. The number of nitrogens with two attached hydrogens (primary N) is 1. The van der Waals surface area contributed by atoms with Gasteiger partial charge >= 0.3 is 0 Å². The molecule has 5 heterocycles. The largest absolute Gasteiger partial charge is 0.383 e. The van der Waals surface area contributed by atoms with Crippen LogP contribution < -0.4 is 5.73 Å². The summed E-state index contributed by atoms with van der Waals surface area (Å²) in [5, 5.41) is 4.53. The number of likely N-dealkylation sites (tertiary alicyclic amines) is 1. The number of piperidine rings is 1. The predicted molar refractivity (Wildman–Crippen MR) is 147 cm³/mol. The summed E-state index contributed by atoms with van der Waals surface area (Å²) in [4.78, 5) is 24.8. The summed E-state index contributed by atoms with van der Waals surface area (Å²) in [5.74, 6) is 1.13. The third-order valence-corrected chi connectivity index (χ3v) is 8.59. The van der Waals surface area contributed by atoms with Gasteiger partial charge in [-0.3, -0.25) is 9.78 Å². The first-order chi connectivity index (χ1) is 18.1. The quantitative estimate of drug-likeness (QED) is 0.480. The van der Waals surface area contributed by atoms with Crippen LogP contribution in [0.3, 0.4) is 0 Å². The Morgan fingerprint density at radius 2 is 1.89 bits per heavy atom. The normalized spacial score (nSPS) is 19.4. The predicted octanol–water partition coefficient (Wildman–Crippen LogP) is 5.00. The minimum Gasteiger partial charge on any atom is -0.383 e. The molecule has 2 aliphatic heterocycles. The molecule has 1 amide bonds. The number of rotatable bonds is 4. The molecule has 8 nitrogen and oxygen atoms in total. The number of aromatic nitrogens is 4. The Morgan fingerprint density at radius 3 is 2.59 bits per heavy atom. The van der Waals surface area contributed by atoms with Crippen LogP contribution in [-0.4, -0.2) is 56.7 Å². The number of hydrogen-bond acceptors (Lipinski definition) is 6. The second kappa shape index (κ2) is 10.4. The van der Waals surface area contributed by atoms with E-state index < -0.39 is 0 Å². The Kier molecular flexibility index (Phi) is 6.82. The standard InChI is InChI=1S/C28H31BrN6O2/c29-24-25(19-8-12-34(13-9-19)28(36)20-10-14-37-15-11-20)33-27-22(17-32-35(27)26(24)30)21-6-7-23(31-16-21)18-4-2-1-3-5-18/h2,4-7,16-17,19-20H,1,3,8-15,30H2. The van der Waals surface area contributed by atoms with Crippen LogP contribution in [0.15, 0.2) is 47.2 Å². The Hall–Kier alpha value is -3.04. The van der Waals surface area contributed by atoms with Crippen molar-refractivity contribution in [1.29, 1.82) is 0 Å². The van der Waals surface area contributed by atoms with Gasteiger partial charge in [-0.15, -0.1) is 0 Å².